The van der Waals surface area contributed by atoms with Crippen LogP contribution in [-0.4, -0.2) is 27.7 Å². The van der Waals surface area contributed by atoms with E-state index in [9.17, 15) is 4.79 Å². The third-order valence-electron chi connectivity index (χ3n) is 5.10. The smallest absolute Gasteiger partial charge is 0.238 e. The van der Waals surface area contributed by atoms with Gasteiger partial charge in [0.25, 0.3) is 0 Å². The highest BCUT2D eigenvalue weighted by molar-refractivity contribution is 8.01. The molecule has 0 bridgehead atoms. The molecule has 1 amide bonds. The largest absolute Gasteiger partial charge is 0.454 e. The van der Waals surface area contributed by atoms with Crippen molar-refractivity contribution in [3.63, 3.8) is 0 Å². The van der Waals surface area contributed by atoms with Gasteiger partial charge in [-0.25, -0.2) is 4.68 Å². The number of hydrogen-bond acceptors (Lipinski definition) is 5. The molecule has 0 fully saturated rings. The Balaban J connectivity index is 1.69. The molecule has 5 rings (SSSR count). The average Bonchev–Trinajstić information content (AvgIpc) is 3.27. The lowest BCUT2D eigenvalue weighted by atomic mass is 10.0. The van der Waals surface area contributed by atoms with Gasteiger partial charge in [-0.15, -0.1) is 11.8 Å². The number of carbonyl (C=O) groups excluding carboxylic acids is 1. The van der Waals surface area contributed by atoms with E-state index < -0.39 is 0 Å². The van der Waals surface area contributed by atoms with Crippen molar-refractivity contribution in [1.82, 2.24) is 9.78 Å². The van der Waals surface area contributed by atoms with Gasteiger partial charge in [-0.2, -0.15) is 5.10 Å². The standard InChI is InChI=1S/C21H18ClN3O3S/c1-11-18-19(13-7-8-16-17(9-13)28-10-27-16)29-12(2)21(26)23-20(18)25(24-11)15-6-4-3-5-14(15)22/h3-9,12,19H,10H2,1-2H3,(H,23,26). The highest BCUT2D eigenvalue weighted by Gasteiger charge is 2.35. The fourth-order valence-corrected chi connectivity index (χ4v) is 5.17. The highest BCUT2D eigenvalue weighted by Crippen LogP contribution is 2.48. The SMILES string of the molecule is Cc1nn(-c2ccccc2Cl)c2c1C(c1ccc3c(c1)OCO3)SC(C)C(=O)N2. The van der Waals surface area contributed by atoms with Gasteiger partial charge >= 0.3 is 0 Å². The third kappa shape index (κ3) is 3.05. The Morgan fingerprint density at radius 1 is 1.21 bits per heavy atom. The van der Waals surface area contributed by atoms with E-state index in [1.54, 1.807) is 16.4 Å². The minimum Gasteiger partial charge on any atom is -0.454 e. The summed E-state index contributed by atoms with van der Waals surface area (Å²) in [7, 11) is 0. The van der Waals surface area contributed by atoms with Crippen molar-refractivity contribution >= 4 is 35.1 Å². The number of hydrogen-bond donors (Lipinski definition) is 1. The van der Waals surface area contributed by atoms with E-state index in [0.29, 0.717) is 10.8 Å². The molecule has 148 valence electrons. The lowest BCUT2D eigenvalue weighted by molar-refractivity contribution is -0.115. The van der Waals surface area contributed by atoms with Crippen LogP contribution in [-0.2, 0) is 4.79 Å². The van der Waals surface area contributed by atoms with Crippen LogP contribution in [0.4, 0.5) is 5.82 Å². The topological polar surface area (TPSA) is 65.4 Å². The number of aryl methyl sites for hydroxylation is 1. The number of nitrogens with zero attached hydrogens (tertiary/aromatic N) is 2. The monoisotopic (exact) mass is 427 g/mol. The summed E-state index contributed by atoms with van der Waals surface area (Å²) < 4.78 is 12.7. The van der Waals surface area contributed by atoms with Crippen molar-refractivity contribution in [2.75, 3.05) is 12.1 Å². The Kier molecular flexibility index (Phi) is 4.44. The zero-order valence-electron chi connectivity index (χ0n) is 15.8. The van der Waals surface area contributed by atoms with Crippen LogP contribution in [0.1, 0.15) is 29.0 Å². The number of aromatic nitrogens is 2. The Labute approximate surface area is 177 Å². The molecule has 8 heteroatoms. The summed E-state index contributed by atoms with van der Waals surface area (Å²) in [6.45, 7) is 4.09. The number of fused-ring (bicyclic) bond motifs is 2. The van der Waals surface area contributed by atoms with Gasteiger partial charge in [0.2, 0.25) is 12.7 Å². The molecule has 2 aromatic carbocycles. The molecule has 1 aromatic heterocycles. The third-order valence-corrected chi connectivity index (χ3v) is 6.82. The zero-order chi connectivity index (χ0) is 20.1. The molecule has 0 aliphatic carbocycles. The number of amides is 1. The number of thioether (sulfide) groups is 1. The molecule has 3 heterocycles. The number of carbonyl (C=O) groups is 1. The first-order valence-electron chi connectivity index (χ1n) is 9.23. The molecular formula is C21H18ClN3O3S. The normalized spacial score (nSPS) is 20.2. The molecule has 0 saturated heterocycles. The fraction of sp³-hybridized carbons (Fsp3) is 0.238. The predicted molar refractivity (Wildman–Crippen MR) is 113 cm³/mol. The molecule has 3 aromatic rings. The Morgan fingerprint density at radius 3 is 2.83 bits per heavy atom. The van der Waals surface area contributed by atoms with Crippen LogP contribution in [0.15, 0.2) is 42.5 Å². The van der Waals surface area contributed by atoms with E-state index in [-0.39, 0.29) is 23.2 Å². The van der Waals surface area contributed by atoms with Crippen molar-refractivity contribution in [3.05, 3.63) is 64.3 Å². The summed E-state index contributed by atoms with van der Waals surface area (Å²) in [6, 6.07) is 13.4. The Hall–Kier alpha value is -2.64. The summed E-state index contributed by atoms with van der Waals surface area (Å²) in [4.78, 5) is 12.8. The molecule has 1 N–H and O–H groups in total. The van der Waals surface area contributed by atoms with Gasteiger partial charge in [0.1, 0.15) is 5.82 Å². The predicted octanol–water partition coefficient (Wildman–Crippen LogP) is 4.73. The van der Waals surface area contributed by atoms with Crippen LogP contribution < -0.4 is 14.8 Å². The van der Waals surface area contributed by atoms with E-state index >= 15 is 0 Å². The molecule has 2 aliphatic rings. The van der Waals surface area contributed by atoms with E-state index in [4.69, 9.17) is 26.2 Å². The van der Waals surface area contributed by atoms with Crippen LogP contribution in [0.2, 0.25) is 5.02 Å². The quantitative estimate of drug-likeness (QED) is 0.640. The molecule has 6 nitrogen and oxygen atoms in total. The Morgan fingerprint density at radius 2 is 2.00 bits per heavy atom. The first kappa shape index (κ1) is 18.4. The van der Waals surface area contributed by atoms with Crippen molar-refractivity contribution in [2.45, 2.75) is 24.3 Å². The summed E-state index contributed by atoms with van der Waals surface area (Å²) in [6.07, 6.45) is 0. The number of nitrogens with one attached hydrogen (secondary N) is 1. The van der Waals surface area contributed by atoms with Gasteiger partial charge < -0.3 is 14.8 Å². The molecule has 0 spiro atoms. The van der Waals surface area contributed by atoms with Crippen molar-refractivity contribution in [3.8, 4) is 17.2 Å². The average molecular weight is 428 g/mol. The van der Waals surface area contributed by atoms with Crippen LogP contribution in [0.5, 0.6) is 11.5 Å². The second-order valence-electron chi connectivity index (χ2n) is 6.97. The number of benzene rings is 2. The maximum Gasteiger partial charge on any atom is 0.238 e. The fourth-order valence-electron chi connectivity index (χ4n) is 3.65. The second kappa shape index (κ2) is 7.00. The van der Waals surface area contributed by atoms with Gasteiger partial charge in [0, 0.05) is 5.56 Å². The van der Waals surface area contributed by atoms with E-state index in [2.05, 4.69) is 5.32 Å². The molecule has 0 radical (unpaired) electrons. The molecule has 0 saturated carbocycles. The molecule has 2 unspecified atom stereocenters. The summed E-state index contributed by atoms with van der Waals surface area (Å²) in [5, 5.41) is 8.02. The maximum absolute atomic E-state index is 12.8. The van der Waals surface area contributed by atoms with Crippen molar-refractivity contribution in [1.29, 1.82) is 0 Å². The summed E-state index contributed by atoms with van der Waals surface area (Å²) in [5.74, 6) is 2.04. The van der Waals surface area contributed by atoms with Crippen molar-refractivity contribution < 1.29 is 14.3 Å². The molecular weight excluding hydrogens is 410 g/mol. The number of anilines is 1. The first-order chi connectivity index (χ1) is 14.0. The van der Waals surface area contributed by atoms with Crippen LogP contribution in [0, 0.1) is 6.92 Å². The van der Waals surface area contributed by atoms with Gasteiger partial charge in [0.15, 0.2) is 11.5 Å². The molecule has 2 aliphatic heterocycles. The van der Waals surface area contributed by atoms with Crippen LogP contribution >= 0.6 is 23.4 Å². The van der Waals surface area contributed by atoms with Crippen molar-refractivity contribution in [2.24, 2.45) is 0 Å². The summed E-state index contributed by atoms with van der Waals surface area (Å²) in [5.41, 5.74) is 3.56. The number of para-hydroxylation sites is 1. The van der Waals surface area contributed by atoms with Gasteiger partial charge in [-0.05, 0) is 43.7 Å². The lowest BCUT2D eigenvalue weighted by Crippen LogP contribution is -2.22. The van der Waals surface area contributed by atoms with E-state index in [0.717, 1.165) is 34.0 Å². The summed E-state index contributed by atoms with van der Waals surface area (Å²) >= 11 is 8.01. The maximum atomic E-state index is 12.8. The highest BCUT2D eigenvalue weighted by atomic mass is 35.5. The van der Waals surface area contributed by atoms with E-state index in [1.165, 1.54) is 0 Å². The second-order valence-corrected chi connectivity index (χ2v) is 8.83. The Bertz CT molecular complexity index is 1130. The molecule has 29 heavy (non-hydrogen) atoms. The van der Waals surface area contributed by atoms with Gasteiger partial charge in [0.05, 0.1) is 26.9 Å². The van der Waals surface area contributed by atoms with Gasteiger partial charge in [-0.1, -0.05) is 29.8 Å². The number of rotatable bonds is 2. The number of ether oxygens (including phenoxy) is 2. The van der Waals surface area contributed by atoms with E-state index in [1.807, 2.05) is 56.3 Å². The van der Waals surface area contributed by atoms with Crippen LogP contribution in [0.3, 0.4) is 0 Å². The number of halogens is 1. The van der Waals surface area contributed by atoms with Crippen LogP contribution in [0.25, 0.3) is 5.69 Å². The zero-order valence-corrected chi connectivity index (χ0v) is 17.4. The molecule has 2 atom stereocenters. The minimum absolute atomic E-state index is 0.0623. The lowest BCUT2D eigenvalue weighted by Gasteiger charge is -2.17. The first-order valence-corrected chi connectivity index (χ1v) is 10.6. The minimum atomic E-state index is -0.239. The van der Waals surface area contributed by atoms with Gasteiger partial charge in [-0.3, -0.25) is 4.79 Å².